The molecular weight excluding hydrogens is 312 g/mol. The van der Waals surface area contributed by atoms with Crippen molar-refractivity contribution in [1.29, 1.82) is 0 Å². The monoisotopic (exact) mass is 344 g/mol. The van der Waals surface area contributed by atoms with E-state index in [9.17, 15) is 0 Å². The van der Waals surface area contributed by atoms with Gasteiger partial charge in [0.05, 0.1) is 22.7 Å². The predicted octanol–water partition coefficient (Wildman–Crippen LogP) is 4.97. The number of hydrogen-bond acceptors (Lipinski definition) is 6. The first-order valence-electron chi connectivity index (χ1n) is 9.43. The predicted molar refractivity (Wildman–Crippen MR) is 109 cm³/mol. The summed E-state index contributed by atoms with van der Waals surface area (Å²) in [5.41, 5.74) is 9.26. The lowest BCUT2D eigenvalue weighted by molar-refractivity contribution is 0.504. The van der Waals surface area contributed by atoms with Crippen molar-refractivity contribution in [3.8, 4) is 0 Å². The summed E-state index contributed by atoms with van der Waals surface area (Å²) in [4.78, 5) is 8.63. The van der Waals surface area contributed by atoms with E-state index in [0.29, 0.717) is 11.4 Å². The molecule has 0 heterocycles. The molecule has 6 nitrogen and oxygen atoms in total. The molecule has 2 aliphatic carbocycles. The first kappa shape index (κ1) is 19.4. The van der Waals surface area contributed by atoms with Crippen LogP contribution < -0.4 is 22.5 Å². The summed E-state index contributed by atoms with van der Waals surface area (Å²) < 4.78 is 0. The van der Waals surface area contributed by atoms with Gasteiger partial charge in [0.2, 0.25) is 0 Å². The molecule has 2 aliphatic rings. The summed E-state index contributed by atoms with van der Waals surface area (Å²) >= 11 is 0. The summed E-state index contributed by atoms with van der Waals surface area (Å²) in [5.74, 6) is 11.0. The number of nitrogens with two attached hydrogens (primary N) is 2. The van der Waals surface area contributed by atoms with E-state index < -0.39 is 0 Å². The molecule has 3 rings (SSSR count). The van der Waals surface area contributed by atoms with Crippen LogP contribution in [0.25, 0.3) is 0 Å². The number of benzene rings is 1. The number of rotatable bonds is 4. The van der Waals surface area contributed by atoms with E-state index in [1.54, 1.807) is 6.07 Å². The SMILES string of the molecule is C1CCCCC1.C=Nc1cc(N=C2CCCCC2)c(NN)cc1NN. The second-order valence-electron chi connectivity index (χ2n) is 6.69. The molecule has 6 heteroatoms. The molecule has 0 spiro atoms. The van der Waals surface area contributed by atoms with Crippen molar-refractivity contribution in [3.63, 3.8) is 0 Å². The van der Waals surface area contributed by atoms with E-state index in [-0.39, 0.29) is 0 Å². The van der Waals surface area contributed by atoms with Crippen molar-refractivity contribution < 1.29 is 0 Å². The smallest absolute Gasteiger partial charge is 0.0896 e. The van der Waals surface area contributed by atoms with E-state index >= 15 is 0 Å². The van der Waals surface area contributed by atoms with Crippen LogP contribution in [0.15, 0.2) is 22.1 Å². The summed E-state index contributed by atoms with van der Waals surface area (Å²) in [6, 6.07) is 3.62. The quantitative estimate of drug-likeness (QED) is 0.352. The highest BCUT2D eigenvalue weighted by Crippen LogP contribution is 2.36. The molecule has 138 valence electrons. The second-order valence-corrected chi connectivity index (χ2v) is 6.69. The molecular formula is C19H32N6. The van der Waals surface area contributed by atoms with Gasteiger partial charge in [0.15, 0.2) is 0 Å². The molecule has 6 N–H and O–H groups in total. The standard InChI is InChI=1S/C13H20N6.C6H12/c1-16-10-7-11(13(19-15)8-12(10)18-14)17-9-5-3-2-4-6-9;1-2-4-6-5-3-1/h7-8,18-19H,1-6,14-15H2;1-6H2. The van der Waals surface area contributed by atoms with E-state index in [4.69, 9.17) is 16.7 Å². The van der Waals surface area contributed by atoms with Crippen molar-refractivity contribution in [2.24, 2.45) is 21.7 Å². The van der Waals surface area contributed by atoms with Gasteiger partial charge in [0.25, 0.3) is 0 Å². The van der Waals surface area contributed by atoms with Crippen LogP contribution in [-0.2, 0) is 0 Å². The Hall–Kier alpha value is -1.92. The Morgan fingerprint density at radius 1 is 0.720 bits per heavy atom. The molecule has 0 radical (unpaired) electrons. The lowest BCUT2D eigenvalue weighted by Crippen LogP contribution is -2.11. The number of nitrogens with one attached hydrogen (secondary N) is 2. The Labute approximate surface area is 151 Å². The van der Waals surface area contributed by atoms with Gasteiger partial charge in [0.1, 0.15) is 0 Å². The highest BCUT2D eigenvalue weighted by atomic mass is 15.2. The van der Waals surface area contributed by atoms with Crippen LogP contribution in [0.1, 0.15) is 70.6 Å². The van der Waals surface area contributed by atoms with E-state index in [1.165, 1.54) is 63.5 Å². The summed E-state index contributed by atoms with van der Waals surface area (Å²) in [7, 11) is 0. The number of hydrazine groups is 2. The molecule has 0 aromatic heterocycles. The third kappa shape index (κ3) is 6.14. The van der Waals surface area contributed by atoms with Crippen molar-refractivity contribution in [1.82, 2.24) is 0 Å². The van der Waals surface area contributed by atoms with Crippen molar-refractivity contribution in [3.05, 3.63) is 12.1 Å². The average molecular weight is 345 g/mol. The fourth-order valence-electron chi connectivity index (χ4n) is 3.33. The minimum absolute atomic E-state index is 0.663. The van der Waals surface area contributed by atoms with Gasteiger partial charge < -0.3 is 10.9 Å². The zero-order valence-corrected chi connectivity index (χ0v) is 15.2. The van der Waals surface area contributed by atoms with Gasteiger partial charge in [-0.05, 0) is 44.5 Å². The number of hydrogen-bond donors (Lipinski definition) is 4. The van der Waals surface area contributed by atoms with Crippen LogP contribution in [0.5, 0.6) is 0 Å². The van der Waals surface area contributed by atoms with Crippen molar-refractivity contribution in [2.75, 3.05) is 10.9 Å². The lowest BCUT2D eigenvalue weighted by atomic mass is 9.98. The van der Waals surface area contributed by atoms with Gasteiger partial charge in [-0.1, -0.05) is 44.9 Å². The fraction of sp³-hybridized carbons (Fsp3) is 0.579. The van der Waals surface area contributed by atoms with Gasteiger partial charge in [-0.25, -0.2) is 0 Å². The normalized spacial score (nSPS) is 17.1. The Kier molecular flexibility index (Phi) is 8.42. The Bertz CT molecular complexity index is 558. The summed E-state index contributed by atoms with van der Waals surface area (Å²) in [6.07, 6.45) is 14.8. The van der Waals surface area contributed by atoms with Crippen molar-refractivity contribution in [2.45, 2.75) is 70.6 Å². The van der Waals surface area contributed by atoms with Crippen LogP contribution >= 0.6 is 0 Å². The molecule has 0 unspecified atom stereocenters. The Balaban J connectivity index is 0.000000316. The molecule has 25 heavy (non-hydrogen) atoms. The first-order valence-corrected chi connectivity index (χ1v) is 9.43. The maximum absolute atomic E-state index is 5.54. The number of nitrogens with zero attached hydrogens (tertiary/aromatic N) is 2. The van der Waals surface area contributed by atoms with Crippen molar-refractivity contribution >= 4 is 35.2 Å². The molecule has 2 saturated carbocycles. The van der Waals surface area contributed by atoms with E-state index in [0.717, 1.165) is 24.2 Å². The maximum atomic E-state index is 5.54. The largest absolute Gasteiger partial charge is 0.322 e. The fourth-order valence-corrected chi connectivity index (χ4v) is 3.33. The van der Waals surface area contributed by atoms with Crippen LogP contribution in [0.3, 0.4) is 0 Å². The molecule has 2 fully saturated rings. The molecule has 0 bridgehead atoms. The van der Waals surface area contributed by atoms with Gasteiger partial charge >= 0.3 is 0 Å². The van der Waals surface area contributed by atoms with Crippen LogP contribution in [0, 0.1) is 0 Å². The number of aliphatic imine (C=N–C) groups is 2. The van der Waals surface area contributed by atoms with E-state index in [1.807, 2.05) is 6.07 Å². The third-order valence-electron chi connectivity index (χ3n) is 4.80. The highest BCUT2D eigenvalue weighted by Gasteiger charge is 2.11. The van der Waals surface area contributed by atoms with Gasteiger partial charge in [0, 0.05) is 5.71 Å². The number of nitrogen functional groups attached to an aromatic ring is 2. The second kappa shape index (κ2) is 10.8. The average Bonchev–Trinajstić information content (AvgIpc) is 2.70. The maximum Gasteiger partial charge on any atom is 0.0896 e. The van der Waals surface area contributed by atoms with Gasteiger partial charge in [-0.15, -0.1) is 0 Å². The molecule has 1 aromatic rings. The van der Waals surface area contributed by atoms with Gasteiger partial charge in [-0.2, -0.15) is 0 Å². The summed E-state index contributed by atoms with van der Waals surface area (Å²) in [6.45, 7) is 3.54. The topological polar surface area (TPSA) is 101 Å². The molecule has 0 atom stereocenters. The zero-order valence-electron chi connectivity index (χ0n) is 15.2. The highest BCUT2D eigenvalue weighted by molar-refractivity contribution is 5.91. The van der Waals surface area contributed by atoms with Crippen LogP contribution in [-0.4, -0.2) is 12.4 Å². The minimum Gasteiger partial charge on any atom is -0.322 e. The first-order chi connectivity index (χ1) is 12.3. The zero-order chi connectivity index (χ0) is 17.9. The lowest BCUT2D eigenvalue weighted by Gasteiger charge is -2.15. The minimum atomic E-state index is 0.663. The molecule has 0 amide bonds. The van der Waals surface area contributed by atoms with Gasteiger partial charge in [-0.3, -0.25) is 21.7 Å². The molecule has 1 aromatic carbocycles. The molecule has 0 aliphatic heterocycles. The third-order valence-corrected chi connectivity index (χ3v) is 4.80. The summed E-state index contributed by atoms with van der Waals surface area (Å²) in [5, 5.41) is 0. The molecule has 0 saturated heterocycles. The Morgan fingerprint density at radius 3 is 1.68 bits per heavy atom. The van der Waals surface area contributed by atoms with Crippen LogP contribution in [0.4, 0.5) is 22.7 Å². The van der Waals surface area contributed by atoms with Crippen LogP contribution in [0.2, 0.25) is 0 Å². The number of anilines is 2. The van der Waals surface area contributed by atoms with E-state index in [2.05, 4.69) is 22.6 Å². The Morgan fingerprint density at radius 2 is 1.20 bits per heavy atom.